The monoisotopic (exact) mass is 250 g/mol. The van der Waals surface area contributed by atoms with Gasteiger partial charge in [-0.3, -0.25) is 0 Å². The van der Waals surface area contributed by atoms with Crippen LogP contribution in [0.3, 0.4) is 0 Å². The zero-order valence-corrected chi connectivity index (χ0v) is 10.6. The van der Waals surface area contributed by atoms with E-state index in [0.717, 1.165) is 17.2 Å². The fourth-order valence-corrected chi connectivity index (χ4v) is 2.20. The van der Waals surface area contributed by atoms with Gasteiger partial charge in [-0.2, -0.15) is 5.10 Å². The number of nitrogens with two attached hydrogens (primary N) is 1. The normalized spacial score (nSPS) is 12.7. The Morgan fingerprint density at radius 3 is 2.59 bits per heavy atom. The first-order chi connectivity index (χ1) is 8.13. The zero-order chi connectivity index (χ0) is 12.4. The lowest BCUT2D eigenvalue weighted by atomic mass is 10.1. The van der Waals surface area contributed by atoms with Crippen LogP contribution >= 0.6 is 11.6 Å². The van der Waals surface area contributed by atoms with Crippen molar-refractivity contribution in [3.05, 3.63) is 46.5 Å². The molecule has 0 spiro atoms. The average Bonchev–Trinajstić information content (AvgIpc) is 2.62. The second kappa shape index (κ2) is 4.85. The van der Waals surface area contributed by atoms with Crippen molar-refractivity contribution in [2.24, 2.45) is 5.73 Å². The van der Waals surface area contributed by atoms with Crippen LogP contribution in [-0.4, -0.2) is 21.3 Å². The number of halogens is 1. The number of aromatic nitrogens is 3. The van der Waals surface area contributed by atoms with E-state index in [1.165, 1.54) is 0 Å². The van der Waals surface area contributed by atoms with Crippen LogP contribution in [0.4, 0.5) is 0 Å². The lowest BCUT2D eigenvalue weighted by Gasteiger charge is -2.18. The van der Waals surface area contributed by atoms with Crippen molar-refractivity contribution in [2.45, 2.75) is 19.9 Å². The summed E-state index contributed by atoms with van der Waals surface area (Å²) in [6.07, 6.45) is 0. The Morgan fingerprint density at radius 1 is 1.35 bits per heavy atom. The maximum Gasteiger partial charge on any atom is 0.147 e. The highest BCUT2D eigenvalue weighted by Gasteiger charge is 2.18. The molecule has 90 valence electrons. The van der Waals surface area contributed by atoms with Crippen LogP contribution in [0.1, 0.15) is 23.3 Å². The number of hydrogen-bond acceptors (Lipinski definition) is 3. The third-order valence-corrected chi connectivity index (χ3v) is 3.03. The Labute approximate surface area is 105 Å². The first kappa shape index (κ1) is 12.1. The molecular formula is C12H15ClN4. The molecule has 0 amide bonds. The number of rotatable bonds is 3. The summed E-state index contributed by atoms with van der Waals surface area (Å²) >= 11 is 6.19. The minimum Gasteiger partial charge on any atom is -0.328 e. The third-order valence-electron chi connectivity index (χ3n) is 2.69. The molecule has 1 aromatic heterocycles. The highest BCUT2D eigenvalue weighted by atomic mass is 35.5. The van der Waals surface area contributed by atoms with E-state index in [9.17, 15) is 0 Å². The minimum absolute atomic E-state index is 0.0649. The Bertz CT molecular complexity index is 521. The average molecular weight is 251 g/mol. The molecule has 1 atom stereocenters. The van der Waals surface area contributed by atoms with E-state index in [1.807, 2.05) is 42.8 Å². The van der Waals surface area contributed by atoms with E-state index in [2.05, 4.69) is 10.1 Å². The SMILES string of the molecule is Cc1nc(C)n(C(CN)c2ccccc2Cl)n1. The van der Waals surface area contributed by atoms with E-state index in [0.29, 0.717) is 11.6 Å². The maximum atomic E-state index is 6.19. The van der Waals surface area contributed by atoms with Gasteiger partial charge in [-0.1, -0.05) is 29.8 Å². The zero-order valence-electron chi connectivity index (χ0n) is 9.89. The van der Waals surface area contributed by atoms with Gasteiger partial charge in [0.05, 0.1) is 6.04 Å². The maximum absolute atomic E-state index is 6.19. The van der Waals surface area contributed by atoms with Crippen LogP contribution in [0.5, 0.6) is 0 Å². The molecule has 2 rings (SSSR count). The first-order valence-corrected chi connectivity index (χ1v) is 5.85. The molecule has 1 heterocycles. The largest absolute Gasteiger partial charge is 0.328 e. The molecular weight excluding hydrogens is 236 g/mol. The van der Waals surface area contributed by atoms with E-state index in [1.54, 1.807) is 0 Å². The van der Waals surface area contributed by atoms with E-state index in [-0.39, 0.29) is 6.04 Å². The summed E-state index contributed by atoms with van der Waals surface area (Å²) in [7, 11) is 0. The van der Waals surface area contributed by atoms with Gasteiger partial charge in [0.25, 0.3) is 0 Å². The molecule has 5 heteroatoms. The Kier molecular flexibility index (Phi) is 3.45. The van der Waals surface area contributed by atoms with Crippen LogP contribution in [-0.2, 0) is 0 Å². The standard InChI is InChI=1S/C12H15ClN4/c1-8-15-9(2)17(16-8)12(7-14)10-5-3-4-6-11(10)13/h3-6,12H,7,14H2,1-2H3. The van der Waals surface area contributed by atoms with Crippen molar-refractivity contribution in [2.75, 3.05) is 6.54 Å². The molecule has 4 nitrogen and oxygen atoms in total. The van der Waals surface area contributed by atoms with Crippen LogP contribution < -0.4 is 5.73 Å². The van der Waals surface area contributed by atoms with Crippen molar-refractivity contribution in [1.29, 1.82) is 0 Å². The molecule has 2 N–H and O–H groups in total. The molecule has 0 saturated carbocycles. The van der Waals surface area contributed by atoms with Gasteiger partial charge >= 0.3 is 0 Å². The van der Waals surface area contributed by atoms with Crippen LogP contribution in [0.25, 0.3) is 0 Å². The molecule has 1 unspecified atom stereocenters. The minimum atomic E-state index is -0.0649. The van der Waals surface area contributed by atoms with Gasteiger partial charge in [0.1, 0.15) is 11.6 Å². The highest BCUT2D eigenvalue weighted by molar-refractivity contribution is 6.31. The van der Waals surface area contributed by atoms with Gasteiger partial charge in [0, 0.05) is 11.6 Å². The summed E-state index contributed by atoms with van der Waals surface area (Å²) in [4.78, 5) is 4.29. The Hall–Kier alpha value is -1.39. The quantitative estimate of drug-likeness (QED) is 0.908. The number of hydrogen-bond donors (Lipinski definition) is 1. The molecule has 17 heavy (non-hydrogen) atoms. The summed E-state index contributed by atoms with van der Waals surface area (Å²) in [5.41, 5.74) is 6.81. The van der Waals surface area contributed by atoms with Crippen molar-refractivity contribution >= 4 is 11.6 Å². The fourth-order valence-electron chi connectivity index (χ4n) is 1.94. The van der Waals surface area contributed by atoms with Gasteiger partial charge in [-0.25, -0.2) is 9.67 Å². The summed E-state index contributed by atoms with van der Waals surface area (Å²) in [5, 5.41) is 5.07. The van der Waals surface area contributed by atoms with Gasteiger partial charge in [-0.15, -0.1) is 0 Å². The lowest BCUT2D eigenvalue weighted by molar-refractivity contribution is 0.515. The first-order valence-electron chi connectivity index (χ1n) is 5.47. The number of nitrogens with zero attached hydrogens (tertiary/aromatic N) is 3. The van der Waals surface area contributed by atoms with Crippen LogP contribution in [0.2, 0.25) is 5.02 Å². The predicted molar refractivity (Wildman–Crippen MR) is 68.1 cm³/mol. The molecule has 0 aliphatic heterocycles. The van der Waals surface area contributed by atoms with Crippen molar-refractivity contribution in [3.63, 3.8) is 0 Å². The van der Waals surface area contributed by atoms with Gasteiger partial charge in [0.2, 0.25) is 0 Å². The Morgan fingerprint density at radius 2 is 2.06 bits per heavy atom. The van der Waals surface area contributed by atoms with Gasteiger partial charge in [-0.05, 0) is 25.5 Å². The highest BCUT2D eigenvalue weighted by Crippen LogP contribution is 2.25. The van der Waals surface area contributed by atoms with Gasteiger partial charge < -0.3 is 5.73 Å². The summed E-state index contributed by atoms with van der Waals surface area (Å²) in [6.45, 7) is 4.22. The third kappa shape index (κ3) is 2.33. The molecule has 2 aromatic rings. The molecule has 0 aliphatic rings. The molecule has 1 aromatic carbocycles. The van der Waals surface area contributed by atoms with E-state index >= 15 is 0 Å². The van der Waals surface area contributed by atoms with Crippen LogP contribution in [0.15, 0.2) is 24.3 Å². The topological polar surface area (TPSA) is 56.7 Å². The fraction of sp³-hybridized carbons (Fsp3) is 0.333. The molecule has 0 radical (unpaired) electrons. The van der Waals surface area contributed by atoms with Crippen molar-refractivity contribution in [1.82, 2.24) is 14.8 Å². The summed E-state index contributed by atoms with van der Waals surface area (Å²) < 4.78 is 1.83. The van der Waals surface area contributed by atoms with Crippen molar-refractivity contribution < 1.29 is 0 Å². The summed E-state index contributed by atoms with van der Waals surface area (Å²) in [5.74, 6) is 1.59. The predicted octanol–water partition coefficient (Wildman–Crippen LogP) is 2.10. The number of aryl methyl sites for hydroxylation is 2. The van der Waals surface area contributed by atoms with Gasteiger partial charge in [0.15, 0.2) is 0 Å². The number of benzene rings is 1. The van der Waals surface area contributed by atoms with E-state index in [4.69, 9.17) is 17.3 Å². The van der Waals surface area contributed by atoms with Crippen LogP contribution in [0, 0.1) is 13.8 Å². The molecule has 0 aliphatic carbocycles. The summed E-state index contributed by atoms with van der Waals surface area (Å²) in [6, 6.07) is 7.61. The van der Waals surface area contributed by atoms with E-state index < -0.39 is 0 Å². The molecule has 0 fully saturated rings. The molecule has 0 saturated heterocycles. The van der Waals surface area contributed by atoms with Crippen molar-refractivity contribution in [3.8, 4) is 0 Å². The lowest BCUT2D eigenvalue weighted by Crippen LogP contribution is -2.23. The second-order valence-corrected chi connectivity index (χ2v) is 4.33. The second-order valence-electron chi connectivity index (χ2n) is 3.92. The Balaban J connectivity index is 2.47. The smallest absolute Gasteiger partial charge is 0.147 e. The molecule has 0 bridgehead atoms.